The fraction of sp³-hybridized carbons (Fsp3) is 0.250. The first-order valence-corrected chi connectivity index (χ1v) is 5.49. The number of benzene rings is 1. The second-order valence-corrected chi connectivity index (χ2v) is 4.03. The van der Waals surface area contributed by atoms with Crippen LogP contribution in [0.25, 0.3) is 11.8 Å². The highest BCUT2D eigenvalue weighted by Crippen LogP contribution is 2.11. The summed E-state index contributed by atoms with van der Waals surface area (Å²) in [5.74, 6) is 0.622. The quantitative estimate of drug-likeness (QED) is 0.824. The van der Waals surface area contributed by atoms with Crippen LogP contribution in [0.15, 0.2) is 30.5 Å². The molecule has 94 valence electrons. The summed E-state index contributed by atoms with van der Waals surface area (Å²) in [5.41, 5.74) is 1.44. The fourth-order valence-corrected chi connectivity index (χ4v) is 1.42. The third kappa shape index (κ3) is 2.71. The molecular formula is C12H14FN5. The molecule has 0 aliphatic rings. The predicted molar refractivity (Wildman–Crippen MR) is 66.7 cm³/mol. The van der Waals surface area contributed by atoms with Gasteiger partial charge in [0.25, 0.3) is 0 Å². The molecule has 0 atom stereocenters. The Morgan fingerprint density at radius 2 is 2.00 bits per heavy atom. The van der Waals surface area contributed by atoms with E-state index >= 15 is 0 Å². The summed E-state index contributed by atoms with van der Waals surface area (Å²) in [6.07, 6.45) is 3.67. The van der Waals surface area contributed by atoms with E-state index in [-0.39, 0.29) is 0 Å². The molecule has 5 nitrogen and oxygen atoms in total. The van der Waals surface area contributed by atoms with Gasteiger partial charge in [-0.3, -0.25) is 0 Å². The molecule has 0 unspecified atom stereocenters. The average Bonchev–Trinajstić information content (AvgIpc) is 2.85. The summed E-state index contributed by atoms with van der Waals surface area (Å²) in [6, 6.07) is 7.02. The monoisotopic (exact) mass is 247 g/mol. The van der Waals surface area contributed by atoms with Gasteiger partial charge in [0.05, 0.1) is 5.69 Å². The minimum absolute atomic E-state index is 0.469. The minimum Gasteiger partial charge on any atom is -0.383 e. The molecule has 2 rings (SSSR count). The third-order valence-electron chi connectivity index (χ3n) is 2.35. The summed E-state index contributed by atoms with van der Waals surface area (Å²) in [5, 5.41) is 11.5. The van der Waals surface area contributed by atoms with Crippen LogP contribution in [-0.2, 0) is 6.67 Å². The number of halogens is 1. The number of rotatable bonds is 4. The van der Waals surface area contributed by atoms with Crippen molar-refractivity contribution in [1.29, 1.82) is 0 Å². The van der Waals surface area contributed by atoms with Crippen LogP contribution in [0.3, 0.4) is 0 Å². The minimum atomic E-state index is -0.469. The maximum Gasteiger partial charge on any atom is 0.181 e. The van der Waals surface area contributed by atoms with Gasteiger partial charge >= 0.3 is 0 Å². The van der Waals surface area contributed by atoms with Crippen molar-refractivity contribution >= 4 is 6.08 Å². The number of hydrogen-bond donors (Lipinski definition) is 0. The zero-order chi connectivity index (χ0) is 13.0. The lowest BCUT2D eigenvalue weighted by Crippen LogP contribution is -2.03. The summed E-state index contributed by atoms with van der Waals surface area (Å²) >= 11 is 0. The van der Waals surface area contributed by atoms with E-state index in [9.17, 15) is 4.39 Å². The van der Waals surface area contributed by atoms with Crippen LogP contribution in [0, 0.1) is 0 Å². The van der Waals surface area contributed by atoms with Gasteiger partial charge in [0.1, 0.15) is 6.67 Å². The van der Waals surface area contributed by atoms with E-state index in [1.807, 2.05) is 31.3 Å². The van der Waals surface area contributed by atoms with Gasteiger partial charge in [0.15, 0.2) is 5.82 Å². The molecule has 0 saturated heterocycles. The van der Waals surface area contributed by atoms with Gasteiger partial charge in [0.2, 0.25) is 0 Å². The zero-order valence-corrected chi connectivity index (χ0v) is 10.3. The molecule has 1 aromatic heterocycles. The van der Waals surface area contributed by atoms with E-state index in [4.69, 9.17) is 0 Å². The van der Waals surface area contributed by atoms with Crippen molar-refractivity contribution in [3.05, 3.63) is 41.9 Å². The van der Waals surface area contributed by atoms with Crippen molar-refractivity contribution in [2.45, 2.75) is 6.67 Å². The molecule has 0 aliphatic heterocycles. The van der Waals surface area contributed by atoms with Crippen LogP contribution in [0.2, 0.25) is 0 Å². The summed E-state index contributed by atoms with van der Waals surface area (Å²) in [4.78, 5) is 1.89. The average molecular weight is 247 g/mol. The number of alkyl halides is 1. The van der Waals surface area contributed by atoms with E-state index in [0.717, 1.165) is 5.69 Å². The molecule has 0 radical (unpaired) electrons. The van der Waals surface area contributed by atoms with Crippen molar-refractivity contribution in [2.75, 3.05) is 14.1 Å². The van der Waals surface area contributed by atoms with E-state index < -0.39 is 6.67 Å². The summed E-state index contributed by atoms with van der Waals surface area (Å²) in [7, 11) is 3.83. The lowest BCUT2D eigenvalue weighted by molar-refractivity contribution is 0.485. The van der Waals surface area contributed by atoms with Crippen LogP contribution >= 0.6 is 0 Å². The van der Waals surface area contributed by atoms with Crippen LogP contribution in [-0.4, -0.2) is 39.2 Å². The van der Waals surface area contributed by atoms with Gasteiger partial charge in [-0.05, 0) is 28.1 Å². The van der Waals surface area contributed by atoms with Crippen LogP contribution in [0.1, 0.15) is 11.4 Å². The molecule has 18 heavy (non-hydrogen) atoms. The van der Waals surface area contributed by atoms with Crippen molar-refractivity contribution in [1.82, 2.24) is 25.1 Å². The highest BCUT2D eigenvalue weighted by Gasteiger charge is 2.05. The Balaban J connectivity index is 2.30. The van der Waals surface area contributed by atoms with Gasteiger partial charge in [0, 0.05) is 26.4 Å². The Labute approximate surface area is 105 Å². The van der Waals surface area contributed by atoms with E-state index in [0.29, 0.717) is 11.4 Å². The Morgan fingerprint density at radius 3 is 2.61 bits per heavy atom. The van der Waals surface area contributed by atoms with Crippen LogP contribution in [0.5, 0.6) is 0 Å². The topological polar surface area (TPSA) is 46.8 Å². The molecule has 1 heterocycles. The first-order valence-electron chi connectivity index (χ1n) is 5.49. The van der Waals surface area contributed by atoms with E-state index in [2.05, 4.69) is 15.5 Å². The lowest BCUT2D eigenvalue weighted by atomic mass is 10.2. The Hall–Kier alpha value is -2.24. The highest BCUT2D eigenvalue weighted by molar-refractivity contribution is 5.44. The van der Waals surface area contributed by atoms with E-state index in [1.54, 1.807) is 28.9 Å². The molecular weight excluding hydrogens is 233 g/mol. The Kier molecular flexibility index (Phi) is 3.66. The Bertz CT molecular complexity index is 530. The third-order valence-corrected chi connectivity index (χ3v) is 2.35. The fourth-order valence-electron chi connectivity index (χ4n) is 1.42. The lowest BCUT2D eigenvalue weighted by Gasteiger charge is -2.04. The molecule has 6 heteroatoms. The second-order valence-electron chi connectivity index (χ2n) is 4.03. The second kappa shape index (κ2) is 5.39. The van der Waals surface area contributed by atoms with Crippen LogP contribution in [0.4, 0.5) is 4.39 Å². The summed E-state index contributed by atoms with van der Waals surface area (Å²) in [6.45, 7) is -0.469. The molecule has 0 N–H and O–H groups in total. The van der Waals surface area contributed by atoms with Crippen molar-refractivity contribution < 1.29 is 4.39 Å². The molecule has 0 saturated carbocycles. The normalized spacial score (nSPS) is 11.1. The Morgan fingerprint density at radius 1 is 1.28 bits per heavy atom. The summed E-state index contributed by atoms with van der Waals surface area (Å²) < 4.78 is 14.0. The van der Waals surface area contributed by atoms with Crippen molar-refractivity contribution in [3.63, 3.8) is 0 Å². The molecule has 1 aromatic carbocycles. The molecule has 0 spiro atoms. The van der Waals surface area contributed by atoms with Gasteiger partial charge in [-0.25, -0.2) is 4.39 Å². The van der Waals surface area contributed by atoms with Gasteiger partial charge in [-0.1, -0.05) is 12.1 Å². The molecule has 0 amide bonds. The smallest absolute Gasteiger partial charge is 0.181 e. The first-order chi connectivity index (χ1) is 8.70. The molecule has 0 fully saturated rings. The predicted octanol–water partition coefficient (Wildman–Crippen LogP) is 1.66. The molecule has 0 bridgehead atoms. The van der Waals surface area contributed by atoms with Crippen molar-refractivity contribution in [2.24, 2.45) is 0 Å². The number of hydrogen-bond acceptors (Lipinski definition) is 4. The van der Waals surface area contributed by atoms with Gasteiger partial charge < -0.3 is 4.90 Å². The maximum absolute atomic E-state index is 12.4. The van der Waals surface area contributed by atoms with Gasteiger partial charge in [-0.2, -0.15) is 4.68 Å². The van der Waals surface area contributed by atoms with Crippen LogP contribution < -0.4 is 0 Å². The largest absolute Gasteiger partial charge is 0.383 e. The van der Waals surface area contributed by atoms with Gasteiger partial charge in [-0.15, -0.1) is 5.10 Å². The number of tetrazole rings is 1. The zero-order valence-electron chi connectivity index (χ0n) is 10.3. The number of aromatic nitrogens is 4. The van der Waals surface area contributed by atoms with E-state index in [1.165, 1.54) is 0 Å². The molecule has 2 aromatic rings. The van der Waals surface area contributed by atoms with Crippen molar-refractivity contribution in [3.8, 4) is 5.69 Å². The standard InChI is InChI=1S/C12H14FN5/c1-17(2)8-7-12-14-15-16-18(12)11-5-3-10(9-13)4-6-11/h3-8H,9H2,1-2H3/b8-7+. The number of nitrogens with zero attached hydrogens (tertiary/aromatic N) is 5. The highest BCUT2D eigenvalue weighted by atomic mass is 19.1. The molecule has 0 aliphatic carbocycles. The first kappa shape index (κ1) is 12.2. The maximum atomic E-state index is 12.4. The SMILES string of the molecule is CN(C)/C=C/c1nnnn1-c1ccc(CF)cc1.